The molecule has 2 N–H and O–H groups in total. The van der Waals surface area contributed by atoms with E-state index < -0.39 is 4.92 Å². The quantitative estimate of drug-likeness (QED) is 0.380. The summed E-state index contributed by atoms with van der Waals surface area (Å²) in [7, 11) is 0. The fourth-order valence-electron chi connectivity index (χ4n) is 1.11. The van der Waals surface area contributed by atoms with Gasteiger partial charge in [-0.05, 0) is 36.8 Å². The molecule has 17 heavy (non-hydrogen) atoms. The Morgan fingerprint density at radius 2 is 2.18 bits per heavy atom. The zero-order valence-electron chi connectivity index (χ0n) is 9.24. The van der Waals surface area contributed by atoms with Crippen LogP contribution in [0, 0.1) is 10.1 Å². The highest BCUT2D eigenvalue weighted by molar-refractivity contribution is 7.80. The van der Waals surface area contributed by atoms with Gasteiger partial charge in [0.05, 0.1) is 11.1 Å². The predicted molar refractivity (Wildman–Crippen MR) is 69.9 cm³/mol. The van der Waals surface area contributed by atoms with Gasteiger partial charge in [0.15, 0.2) is 5.11 Å². The largest absolute Gasteiger partial charge is 0.375 e. The minimum Gasteiger partial charge on any atom is -0.375 e. The Kier molecular flexibility index (Phi) is 4.53. The summed E-state index contributed by atoms with van der Waals surface area (Å²) in [4.78, 5) is 9.99. The molecule has 0 atom stereocenters. The topological polar surface area (TPSA) is 84.8 Å². The maximum Gasteiger partial charge on any atom is 0.269 e. The zero-order chi connectivity index (χ0) is 12.8. The van der Waals surface area contributed by atoms with E-state index >= 15 is 0 Å². The van der Waals surface area contributed by atoms with Crippen molar-refractivity contribution in [1.29, 1.82) is 0 Å². The van der Waals surface area contributed by atoms with E-state index in [-0.39, 0.29) is 10.8 Å². The smallest absolute Gasteiger partial charge is 0.269 e. The van der Waals surface area contributed by atoms with E-state index in [1.54, 1.807) is 18.3 Å². The number of thiocarbonyl (C=S) groups is 1. The molecule has 0 saturated carbocycles. The number of non-ortho nitro benzene ring substituents is 1. The molecule has 0 fully saturated rings. The van der Waals surface area contributed by atoms with Crippen LogP contribution in [0.15, 0.2) is 29.4 Å². The molecule has 0 radical (unpaired) electrons. The van der Waals surface area contributed by atoms with Crippen LogP contribution in [-0.2, 0) is 0 Å². The number of hydrogen-bond acceptors (Lipinski definition) is 4. The number of nitrogens with zero attached hydrogens (tertiary/aromatic N) is 3. The lowest BCUT2D eigenvalue weighted by molar-refractivity contribution is -0.384. The van der Waals surface area contributed by atoms with Gasteiger partial charge in [0.1, 0.15) is 0 Å². The van der Waals surface area contributed by atoms with E-state index in [1.165, 1.54) is 17.1 Å². The molecule has 0 aliphatic heterocycles. The van der Waals surface area contributed by atoms with Crippen molar-refractivity contribution >= 4 is 29.2 Å². The monoisotopic (exact) mass is 252 g/mol. The van der Waals surface area contributed by atoms with Crippen molar-refractivity contribution in [2.75, 3.05) is 6.54 Å². The average Bonchev–Trinajstić information content (AvgIpc) is 2.30. The number of hydrazone groups is 1. The number of hydrogen-bond donors (Lipinski definition) is 1. The van der Waals surface area contributed by atoms with E-state index in [4.69, 9.17) is 18.0 Å². The normalized spacial score (nSPS) is 10.4. The maximum absolute atomic E-state index is 10.4. The molecule has 0 spiro atoms. The van der Waals surface area contributed by atoms with Crippen LogP contribution in [0.3, 0.4) is 0 Å². The van der Waals surface area contributed by atoms with Crippen molar-refractivity contribution in [2.24, 2.45) is 10.8 Å². The standard InChI is InChI=1S/C10H12N4O2S/c1-2-13(10(11)17)12-7-8-3-5-9(6-4-8)14(15)16/h3-7H,2H2,1H3,(H2,11,17)/b12-7+. The summed E-state index contributed by atoms with van der Waals surface area (Å²) in [6.07, 6.45) is 1.55. The Labute approximate surface area is 104 Å². The van der Waals surface area contributed by atoms with Gasteiger partial charge in [0.2, 0.25) is 0 Å². The van der Waals surface area contributed by atoms with Gasteiger partial charge in [-0.15, -0.1) is 0 Å². The molecule has 0 aromatic heterocycles. The SMILES string of the molecule is CCN(/N=C/c1ccc([N+](=O)[O-])cc1)C(N)=S. The Morgan fingerprint density at radius 3 is 2.59 bits per heavy atom. The molecule has 6 nitrogen and oxygen atoms in total. The highest BCUT2D eigenvalue weighted by Crippen LogP contribution is 2.10. The van der Waals surface area contributed by atoms with E-state index in [9.17, 15) is 10.1 Å². The Balaban J connectivity index is 2.78. The maximum atomic E-state index is 10.4. The van der Waals surface area contributed by atoms with Crippen LogP contribution in [0.25, 0.3) is 0 Å². The highest BCUT2D eigenvalue weighted by atomic mass is 32.1. The highest BCUT2D eigenvalue weighted by Gasteiger charge is 2.03. The molecule has 0 unspecified atom stereocenters. The summed E-state index contributed by atoms with van der Waals surface area (Å²) in [6, 6.07) is 6.04. The fraction of sp³-hybridized carbons (Fsp3) is 0.200. The van der Waals surface area contributed by atoms with Crippen LogP contribution >= 0.6 is 12.2 Å². The van der Waals surface area contributed by atoms with E-state index in [2.05, 4.69) is 5.10 Å². The number of nitrogens with two attached hydrogens (primary N) is 1. The number of nitro groups is 1. The van der Waals surface area contributed by atoms with Gasteiger partial charge in [0, 0.05) is 18.7 Å². The van der Waals surface area contributed by atoms with Crippen LogP contribution in [-0.4, -0.2) is 27.8 Å². The molecule has 7 heteroatoms. The van der Waals surface area contributed by atoms with Gasteiger partial charge in [-0.2, -0.15) is 5.10 Å². The van der Waals surface area contributed by atoms with Crippen LogP contribution < -0.4 is 5.73 Å². The number of benzene rings is 1. The van der Waals surface area contributed by atoms with Gasteiger partial charge in [0.25, 0.3) is 5.69 Å². The van der Waals surface area contributed by atoms with E-state index in [0.29, 0.717) is 6.54 Å². The third-order valence-electron chi connectivity index (χ3n) is 2.00. The Hall–Kier alpha value is -2.02. The lowest BCUT2D eigenvalue weighted by Crippen LogP contribution is -2.30. The molecular weight excluding hydrogens is 240 g/mol. The molecule has 0 bridgehead atoms. The van der Waals surface area contributed by atoms with Crippen molar-refractivity contribution in [3.63, 3.8) is 0 Å². The summed E-state index contributed by atoms with van der Waals surface area (Å²) in [6.45, 7) is 2.44. The summed E-state index contributed by atoms with van der Waals surface area (Å²) < 4.78 is 0. The third kappa shape index (κ3) is 3.80. The van der Waals surface area contributed by atoms with Gasteiger partial charge >= 0.3 is 0 Å². The van der Waals surface area contributed by atoms with Gasteiger partial charge in [-0.1, -0.05) is 0 Å². The zero-order valence-corrected chi connectivity index (χ0v) is 10.1. The lowest BCUT2D eigenvalue weighted by Gasteiger charge is -2.13. The van der Waals surface area contributed by atoms with Crippen LogP contribution in [0.2, 0.25) is 0 Å². The first kappa shape index (κ1) is 13.0. The summed E-state index contributed by atoms with van der Waals surface area (Å²) in [5.41, 5.74) is 6.22. The van der Waals surface area contributed by atoms with Crippen LogP contribution in [0.4, 0.5) is 5.69 Å². The molecule has 1 rings (SSSR count). The second-order valence-electron chi connectivity index (χ2n) is 3.15. The number of nitro benzene ring substituents is 1. The average molecular weight is 252 g/mol. The van der Waals surface area contributed by atoms with Gasteiger partial charge in [-0.25, -0.2) is 5.01 Å². The van der Waals surface area contributed by atoms with Crippen LogP contribution in [0.1, 0.15) is 12.5 Å². The molecule has 0 saturated heterocycles. The molecule has 0 aliphatic carbocycles. The molecule has 1 aromatic carbocycles. The second-order valence-corrected chi connectivity index (χ2v) is 3.57. The van der Waals surface area contributed by atoms with Crippen LogP contribution in [0.5, 0.6) is 0 Å². The van der Waals surface area contributed by atoms with Crippen molar-refractivity contribution in [3.8, 4) is 0 Å². The molecule has 0 heterocycles. The first-order valence-electron chi connectivity index (χ1n) is 4.90. The minimum atomic E-state index is -0.450. The molecule has 0 aliphatic rings. The molecule has 1 aromatic rings. The lowest BCUT2D eigenvalue weighted by atomic mass is 10.2. The summed E-state index contributed by atoms with van der Waals surface area (Å²) in [5, 5.41) is 16.1. The Morgan fingerprint density at radius 1 is 1.59 bits per heavy atom. The molecular formula is C10H12N4O2S. The van der Waals surface area contributed by atoms with Crippen molar-refractivity contribution in [3.05, 3.63) is 39.9 Å². The van der Waals surface area contributed by atoms with Crippen molar-refractivity contribution in [1.82, 2.24) is 5.01 Å². The van der Waals surface area contributed by atoms with Gasteiger partial charge in [-0.3, -0.25) is 10.1 Å². The minimum absolute atomic E-state index is 0.0452. The summed E-state index contributed by atoms with van der Waals surface area (Å²) in [5.74, 6) is 0. The van der Waals surface area contributed by atoms with Gasteiger partial charge < -0.3 is 5.73 Å². The van der Waals surface area contributed by atoms with E-state index in [1.807, 2.05) is 6.92 Å². The van der Waals surface area contributed by atoms with E-state index in [0.717, 1.165) is 5.56 Å². The van der Waals surface area contributed by atoms with Crippen molar-refractivity contribution in [2.45, 2.75) is 6.92 Å². The molecule has 0 amide bonds. The fourth-order valence-corrected chi connectivity index (χ4v) is 1.29. The summed E-state index contributed by atoms with van der Waals surface area (Å²) >= 11 is 4.79. The first-order valence-corrected chi connectivity index (χ1v) is 5.30. The predicted octanol–water partition coefficient (Wildman–Crippen LogP) is 1.49. The Bertz CT molecular complexity index is 444. The van der Waals surface area contributed by atoms with Crippen molar-refractivity contribution < 1.29 is 4.92 Å². The third-order valence-corrected chi connectivity index (χ3v) is 2.21. The number of rotatable bonds is 4. The molecule has 90 valence electrons. The second kappa shape index (κ2) is 5.90. The first-order chi connectivity index (χ1) is 8.04.